The van der Waals surface area contributed by atoms with Crippen LogP contribution in [-0.4, -0.2) is 25.6 Å². The molecule has 0 saturated heterocycles. The maximum Gasteiger partial charge on any atom is 0.262 e. The van der Waals surface area contributed by atoms with Crippen LogP contribution in [0.3, 0.4) is 0 Å². The number of nitrogens with zero attached hydrogens (tertiary/aromatic N) is 1. The highest BCUT2D eigenvalue weighted by molar-refractivity contribution is 5.92. The predicted molar refractivity (Wildman–Crippen MR) is 109 cm³/mol. The number of rotatable bonds is 8. The first-order valence-electron chi connectivity index (χ1n) is 9.32. The van der Waals surface area contributed by atoms with Crippen LogP contribution in [0.15, 0.2) is 42.5 Å². The Kier molecular flexibility index (Phi) is 7.07. The number of hydrogen-bond donors (Lipinski definition) is 1. The quantitative estimate of drug-likeness (QED) is 0.727. The molecule has 140 valence electrons. The molecule has 2 aromatic carbocycles. The SMILES string of the molecule is CCN(CC)c1ccc(NC(=O)COc2cc(C)ccc2C(C)C)cc1. The molecule has 0 aliphatic carbocycles. The van der Waals surface area contributed by atoms with Crippen LogP contribution < -0.4 is 15.0 Å². The molecule has 0 fully saturated rings. The van der Waals surface area contributed by atoms with E-state index in [0.29, 0.717) is 5.92 Å². The smallest absolute Gasteiger partial charge is 0.262 e. The molecule has 1 N–H and O–H groups in total. The van der Waals surface area contributed by atoms with E-state index in [2.05, 4.69) is 50.0 Å². The summed E-state index contributed by atoms with van der Waals surface area (Å²) < 4.78 is 5.79. The average molecular weight is 354 g/mol. The zero-order valence-electron chi connectivity index (χ0n) is 16.5. The van der Waals surface area contributed by atoms with Gasteiger partial charge in [-0.05, 0) is 68.1 Å². The minimum Gasteiger partial charge on any atom is -0.483 e. The molecule has 0 saturated carbocycles. The monoisotopic (exact) mass is 354 g/mol. The summed E-state index contributed by atoms with van der Waals surface area (Å²) in [6.45, 7) is 12.5. The van der Waals surface area contributed by atoms with Crippen molar-refractivity contribution in [1.82, 2.24) is 0 Å². The summed E-state index contributed by atoms with van der Waals surface area (Å²) in [4.78, 5) is 14.5. The van der Waals surface area contributed by atoms with Gasteiger partial charge in [0.15, 0.2) is 6.61 Å². The van der Waals surface area contributed by atoms with E-state index in [4.69, 9.17) is 4.74 Å². The van der Waals surface area contributed by atoms with E-state index in [1.165, 1.54) is 0 Å². The molecular formula is C22H30N2O2. The summed E-state index contributed by atoms with van der Waals surface area (Å²) in [5, 5.41) is 2.90. The van der Waals surface area contributed by atoms with Gasteiger partial charge in [-0.3, -0.25) is 4.79 Å². The Balaban J connectivity index is 1.96. The molecule has 2 aromatic rings. The van der Waals surface area contributed by atoms with Crippen molar-refractivity contribution < 1.29 is 9.53 Å². The Morgan fingerprint density at radius 1 is 1.08 bits per heavy atom. The molecule has 26 heavy (non-hydrogen) atoms. The lowest BCUT2D eigenvalue weighted by Crippen LogP contribution is -2.22. The lowest BCUT2D eigenvalue weighted by molar-refractivity contribution is -0.118. The first-order valence-corrected chi connectivity index (χ1v) is 9.32. The summed E-state index contributed by atoms with van der Waals surface area (Å²) in [6.07, 6.45) is 0. The lowest BCUT2D eigenvalue weighted by Gasteiger charge is -2.21. The lowest BCUT2D eigenvalue weighted by atomic mass is 10.0. The Morgan fingerprint density at radius 3 is 2.31 bits per heavy atom. The molecule has 0 heterocycles. The van der Waals surface area contributed by atoms with Crippen molar-refractivity contribution >= 4 is 17.3 Å². The predicted octanol–water partition coefficient (Wildman–Crippen LogP) is 4.98. The van der Waals surface area contributed by atoms with Gasteiger partial charge in [0.05, 0.1) is 0 Å². The number of hydrogen-bond acceptors (Lipinski definition) is 3. The van der Waals surface area contributed by atoms with Gasteiger partial charge in [-0.2, -0.15) is 0 Å². The van der Waals surface area contributed by atoms with Crippen LogP contribution in [0.1, 0.15) is 44.7 Å². The van der Waals surface area contributed by atoms with E-state index in [-0.39, 0.29) is 12.5 Å². The molecule has 4 nitrogen and oxygen atoms in total. The Hall–Kier alpha value is -2.49. The van der Waals surface area contributed by atoms with Gasteiger partial charge in [0.1, 0.15) is 5.75 Å². The number of anilines is 2. The van der Waals surface area contributed by atoms with Gasteiger partial charge >= 0.3 is 0 Å². The van der Waals surface area contributed by atoms with Crippen molar-refractivity contribution in [3.05, 3.63) is 53.6 Å². The fourth-order valence-electron chi connectivity index (χ4n) is 2.93. The van der Waals surface area contributed by atoms with Gasteiger partial charge in [-0.1, -0.05) is 26.0 Å². The number of carbonyl (C=O) groups excluding carboxylic acids is 1. The summed E-state index contributed by atoms with van der Waals surface area (Å²) >= 11 is 0. The minimum absolute atomic E-state index is 0.000962. The third-order valence-electron chi connectivity index (χ3n) is 4.43. The van der Waals surface area contributed by atoms with Gasteiger partial charge in [-0.25, -0.2) is 0 Å². The Morgan fingerprint density at radius 2 is 1.73 bits per heavy atom. The number of nitrogens with one attached hydrogen (secondary N) is 1. The first-order chi connectivity index (χ1) is 12.4. The maximum absolute atomic E-state index is 12.2. The standard InChI is InChI=1S/C22H30N2O2/c1-6-24(7-2)19-11-9-18(10-12-19)23-22(25)15-26-21-14-17(5)8-13-20(21)16(3)4/h8-14,16H,6-7,15H2,1-5H3,(H,23,25). The first kappa shape index (κ1) is 19.8. The second kappa shape index (κ2) is 9.27. The van der Waals surface area contributed by atoms with Crippen molar-refractivity contribution in [1.29, 1.82) is 0 Å². The summed E-state index contributed by atoms with van der Waals surface area (Å²) in [5.74, 6) is 0.977. The van der Waals surface area contributed by atoms with Crippen LogP contribution in [0, 0.1) is 6.92 Å². The summed E-state index contributed by atoms with van der Waals surface area (Å²) in [6, 6.07) is 14.0. The molecular weight excluding hydrogens is 324 g/mol. The third kappa shape index (κ3) is 5.25. The summed E-state index contributed by atoms with van der Waals surface area (Å²) in [5.41, 5.74) is 4.18. The van der Waals surface area contributed by atoms with Gasteiger partial charge in [0.2, 0.25) is 0 Å². The number of carbonyl (C=O) groups is 1. The summed E-state index contributed by atoms with van der Waals surface area (Å²) in [7, 11) is 0. The largest absolute Gasteiger partial charge is 0.483 e. The average Bonchev–Trinajstić information content (AvgIpc) is 2.62. The number of ether oxygens (including phenoxy) is 1. The number of aryl methyl sites for hydroxylation is 1. The van der Waals surface area contributed by atoms with Crippen LogP contribution in [-0.2, 0) is 4.79 Å². The van der Waals surface area contributed by atoms with Crippen LogP contribution in [0.5, 0.6) is 5.75 Å². The zero-order valence-corrected chi connectivity index (χ0v) is 16.5. The highest BCUT2D eigenvalue weighted by Crippen LogP contribution is 2.27. The van der Waals surface area contributed by atoms with Crippen molar-refractivity contribution in [3.8, 4) is 5.75 Å². The Bertz CT molecular complexity index is 719. The highest BCUT2D eigenvalue weighted by Gasteiger charge is 2.11. The van der Waals surface area contributed by atoms with Crippen molar-refractivity contribution in [2.75, 3.05) is 29.9 Å². The topological polar surface area (TPSA) is 41.6 Å². The van der Waals surface area contributed by atoms with Crippen molar-refractivity contribution in [2.24, 2.45) is 0 Å². The maximum atomic E-state index is 12.2. The fourth-order valence-corrected chi connectivity index (χ4v) is 2.93. The van der Waals surface area contributed by atoms with Crippen LogP contribution in [0.2, 0.25) is 0 Å². The fraction of sp³-hybridized carbons (Fsp3) is 0.409. The third-order valence-corrected chi connectivity index (χ3v) is 4.43. The van der Waals surface area contributed by atoms with Gasteiger partial charge in [0, 0.05) is 24.5 Å². The van der Waals surface area contributed by atoms with Crippen LogP contribution in [0.25, 0.3) is 0 Å². The number of benzene rings is 2. The molecule has 1 amide bonds. The van der Waals surface area contributed by atoms with Crippen LogP contribution >= 0.6 is 0 Å². The molecule has 4 heteroatoms. The van der Waals surface area contributed by atoms with E-state index in [1.54, 1.807) is 0 Å². The van der Waals surface area contributed by atoms with E-state index in [0.717, 1.165) is 41.3 Å². The van der Waals surface area contributed by atoms with Gasteiger partial charge in [-0.15, -0.1) is 0 Å². The van der Waals surface area contributed by atoms with Crippen molar-refractivity contribution in [3.63, 3.8) is 0 Å². The van der Waals surface area contributed by atoms with E-state index < -0.39 is 0 Å². The van der Waals surface area contributed by atoms with E-state index in [1.807, 2.05) is 37.3 Å². The van der Waals surface area contributed by atoms with Gasteiger partial charge < -0.3 is 15.0 Å². The number of amides is 1. The van der Waals surface area contributed by atoms with Gasteiger partial charge in [0.25, 0.3) is 5.91 Å². The molecule has 0 aliphatic rings. The molecule has 0 radical (unpaired) electrons. The molecule has 2 rings (SSSR count). The molecule has 0 aliphatic heterocycles. The minimum atomic E-state index is -0.156. The molecule has 0 aromatic heterocycles. The van der Waals surface area contributed by atoms with E-state index in [9.17, 15) is 4.79 Å². The van der Waals surface area contributed by atoms with E-state index >= 15 is 0 Å². The van der Waals surface area contributed by atoms with Crippen molar-refractivity contribution in [2.45, 2.75) is 40.5 Å². The second-order valence-electron chi connectivity index (χ2n) is 6.75. The highest BCUT2D eigenvalue weighted by atomic mass is 16.5. The Labute approximate surface area is 157 Å². The zero-order chi connectivity index (χ0) is 19.1. The second-order valence-corrected chi connectivity index (χ2v) is 6.75. The normalized spacial score (nSPS) is 10.7. The molecule has 0 spiro atoms. The van der Waals surface area contributed by atoms with Crippen LogP contribution in [0.4, 0.5) is 11.4 Å². The molecule has 0 bridgehead atoms. The molecule has 0 unspecified atom stereocenters. The molecule has 0 atom stereocenters.